The standard InChI is InChI=1S/C12H11F3/c13-12(14,15)8-10-6-3-5-9-4-1-2-7-11(9)10/h1-2,4,7-8H,3,5-6H2/b10-8+. The van der Waals surface area contributed by atoms with Gasteiger partial charge >= 0.3 is 6.18 Å². The highest BCUT2D eigenvalue weighted by atomic mass is 19.4. The van der Waals surface area contributed by atoms with Crippen molar-refractivity contribution in [3.8, 4) is 0 Å². The second-order valence-electron chi connectivity index (χ2n) is 3.72. The summed E-state index contributed by atoms with van der Waals surface area (Å²) in [4.78, 5) is 0. The number of hydrogen-bond acceptors (Lipinski definition) is 0. The number of halogens is 3. The van der Waals surface area contributed by atoms with Crippen LogP contribution in [-0.2, 0) is 6.42 Å². The number of aryl methyl sites for hydroxylation is 1. The number of hydrogen-bond donors (Lipinski definition) is 0. The number of allylic oxidation sites excluding steroid dienone is 2. The maximum absolute atomic E-state index is 12.3. The van der Waals surface area contributed by atoms with E-state index >= 15 is 0 Å². The minimum atomic E-state index is -4.21. The smallest absolute Gasteiger partial charge is 0.167 e. The molecule has 0 saturated heterocycles. The van der Waals surface area contributed by atoms with Crippen molar-refractivity contribution in [1.29, 1.82) is 0 Å². The zero-order valence-electron chi connectivity index (χ0n) is 8.14. The molecule has 0 N–H and O–H groups in total. The van der Waals surface area contributed by atoms with Gasteiger partial charge in [-0.05, 0) is 36.0 Å². The molecule has 1 aliphatic carbocycles. The van der Waals surface area contributed by atoms with E-state index in [0.717, 1.165) is 24.0 Å². The molecule has 0 nitrogen and oxygen atoms in total. The van der Waals surface area contributed by atoms with Crippen LogP contribution in [-0.4, -0.2) is 6.18 Å². The van der Waals surface area contributed by atoms with Crippen LogP contribution in [0.4, 0.5) is 13.2 Å². The molecule has 1 aromatic rings. The van der Waals surface area contributed by atoms with Crippen LogP contribution in [0.2, 0.25) is 0 Å². The average molecular weight is 212 g/mol. The van der Waals surface area contributed by atoms with Gasteiger partial charge in [-0.2, -0.15) is 13.2 Å². The van der Waals surface area contributed by atoms with Crippen molar-refractivity contribution in [2.24, 2.45) is 0 Å². The molecule has 0 heterocycles. The number of benzene rings is 1. The number of fused-ring (bicyclic) bond motifs is 1. The van der Waals surface area contributed by atoms with E-state index in [4.69, 9.17) is 0 Å². The van der Waals surface area contributed by atoms with Gasteiger partial charge in [0.05, 0.1) is 0 Å². The molecule has 0 radical (unpaired) electrons. The maximum Gasteiger partial charge on any atom is 0.410 e. The third-order valence-electron chi connectivity index (χ3n) is 2.59. The summed E-state index contributed by atoms with van der Waals surface area (Å²) >= 11 is 0. The molecule has 0 amide bonds. The molecule has 1 aliphatic rings. The fraction of sp³-hybridized carbons (Fsp3) is 0.333. The van der Waals surface area contributed by atoms with Crippen LogP contribution in [0.1, 0.15) is 24.0 Å². The van der Waals surface area contributed by atoms with E-state index in [9.17, 15) is 13.2 Å². The highest BCUT2D eigenvalue weighted by Gasteiger charge is 2.26. The molecule has 15 heavy (non-hydrogen) atoms. The quantitative estimate of drug-likeness (QED) is 0.610. The normalized spacial score (nSPS) is 19.0. The molecule has 0 spiro atoms. The predicted molar refractivity (Wildman–Crippen MR) is 53.4 cm³/mol. The molecule has 0 bridgehead atoms. The summed E-state index contributed by atoms with van der Waals surface area (Å²) < 4.78 is 36.8. The van der Waals surface area contributed by atoms with Gasteiger partial charge < -0.3 is 0 Å². The molecule has 3 heteroatoms. The Bertz CT molecular complexity index is 388. The van der Waals surface area contributed by atoms with Gasteiger partial charge in [-0.3, -0.25) is 0 Å². The highest BCUT2D eigenvalue weighted by molar-refractivity contribution is 5.70. The minimum Gasteiger partial charge on any atom is -0.167 e. The Labute approximate surface area is 86.4 Å². The van der Waals surface area contributed by atoms with Crippen molar-refractivity contribution in [3.63, 3.8) is 0 Å². The first-order valence-electron chi connectivity index (χ1n) is 4.93. The zero-order chi connectivity index (χ0) is 10.9. The second kappa shape index (κ2) is 3.72. The first-order valence-corrected chi connectivity index (χ1v) is 4.93. The van der Waals surface area contributed by atoms with Crippen molar-refractivity contribution in [1.82, 2.24) is 0 Å². The molecular weight excluding hydrogens is 201 g/mol. The fourth-order valence-corrected chi connectivity index (χ4v) is 2.00. The maximum atomic E-state index is 12.3. The van der Waals surface area contributed by atoms with Gasteiger partial charge in [0, 0.05) is 6.08 Å². The van der Waals surface area contributed by atoms with E-state index < -0.39 is 6.18 Å². The van der Waals surface area contributed by atoms with Gasteiger partial charge in [0.2, 0.25) is 0 Å². The van der Waals surface area contributed by atoms with Crippen molar-refractivity contribution >= 4 is 5.57 Å². The summed E-state index contributed by atoms with van der Waals surface area (Å²) in [6, 6.07) is 7.33. The van der Waals surface area contributed by atoms with Gasteiger partial charge in [0.1, 0.15) is 0 Å². The van der Waals surface area contributed by atoms with Crippen LogP contribution < -0.4 is 0 Å². The minimum absolute atomic E-state index is 0.421. The van der Waals surface area contributed by atoms with E-state index in [1.807, 2.05) is 12.1 Å². The summed E-state index contributed by atoms with van der Waals surface area (Å²) in [6.07, 6.45) is -1.56. The van der Waals surface area contributed by atoms with Crippen LogP contribution in [0, 0.1) is 0 Å². The topological polar surface area (TPSA) is 0 Å². The van der Waals surface area contributed by atoms with Crippen molar-refractivity contribution in [3.05, 3.63) is 41.5 Å². The van der Waals surface area contributed by atoms with E-state index in [-0.39, 0.29) is 0 Å². The van der Waals surface area contributed by atoms with Crippen molar-refractivity contribution < 1.29 is 13.2 Å². The summed E-state index contributed by atoms with van der Waals surface area (Å²) in [7, 11) is 0. The van der Waals surface area contributed by atoms with Crippen LogP contribution in [0.5, 0.6) is 0 Å². The average Bonchev–Trinajstić information content (AvgIpc) is 2.16. The molecular formula is C12H11F3. The summed E-state index contributed by atoms with van der Waals surface area (Å²) in [6.45, 7) is 0. The molecule has 0 aromatic heterocycles. The lowest BCUT2D eigenvalue weighted by Crippen LogP contribution is -2.07. The fourth-order valence-electron chi connectivity index (χ4n) is 2.00. The second-order valence-corrected chi connectivity index (χ2v) is 3.72. The Kier molecular flexibility index (Phi) is 2.55. The van der Waals surface area contributed by atoms with E-state index in [1.165, 1.54) is 0 Å². The lowest BCUT2D eigenvalue weighted by Gasteiger charge is -2.19. The summed E-state index contributed by atoms with van der Waals surface area (Å²) in [5.74, 6) is 0. The number of alkyl halides is 3. The first kappa shape index (κ1) is 10.3. The van der Waals surface area contributed by atoms with Crippen molar-refractivity contribution in [2.45, 2.75) is 25.4 Å². The first-order chi connectivity index (χ1) is 7.06. The van der Waals surface area contributed by atoms with Gasteiger partial charge in [-0.15, -0.1) is 0 Å². The predicted octanol–water partition coefficient (Wildman–Crippen LogP) is 3.97. The van der Waals surface area contributed by atoms with E-state index in [1.54, 1.807) is 12.1 Å². The van der Waals surface area contributed by atoms with E-state index in [0.29, 0.717) is 18.1 Å². The summed E-state index contributed by atoms with van der Waals surface area (Å²) in [5, 5.41) is 0. The van der Waals surface area contributed by atoms with Gasteiger partial charge in [0.15, 0.2) is 0 Å². The van der Waals surface area contributed by atoms with Crippen LogP contribution >= 0.6 is 0 Å². The van der Waals surface area contributed by atoms with Gasteiger partial charge in [-0.1, -0.05) is 24.3 Å². The molecule has 0 aliphatic heterocycles. The Morgan fingerprint density at radius 1 is 1.07 bits per heavy atom. The largest absolute Gasteiger partial charge is 0.410 e. The molecule has 1 aromatic carbocycles. The molecule has 0 unspecified atom stereocenters. The third-order valence-corrected chi connectivity index (χ3v) is 2.59. The third kappa shape index (κ3) is 2.41. The molecule has 80 valence electrons. The molecule has 0 atom stereocenters. The lowest BCUT2D eigenvalue weighted by molar-refractivity contribution is -0.0794. The monoisotopic (exact) mass is 212 g/mol. The Morgan fingerprint density at radius 3 is 2.53 bits per heavy atom. The van der Waals surface area contributed by atoms with Crippen LogP contribution in [0.3, 0.4) is 0 Å². The summed E-state index contributed by atoms with van der Waals surface area (Å²) in [5.41, 5.74) is 2.21. The van der Waals surface area contributed by atoms with Gasteiger partial charge in [0.25, 0.3) is 0 Å². The Hall–Kier alpha value is -1.25. The Balaban J connectivity index is 2.42. The van der Waals surface area contributed by atoms with E-state index in [2.05, 4.69) is 0 Å². The zero-order valence-corrected chi connectivity index (χ0v) is 8.14. The lowest BCUT2D eigenvalue weighted by atomic mass is 9.87. The van der Waals surface area contributed by atoms with Crippen LogP contribution in [0.25, 0.3) is 5.57 Å². The SMILES string of the molecule is FC(F)(F)/C=C1\CCCc2ccccc21. The van der Waals surface area contributed by atoms with Crippen LogP contribution in [0.15, 0.2) is 30.3 Å². The number of rotatable bonds is 0. The van der Waals surface area contributed by atoms with Crippen molar-refractivity contribution in [2.75, 3.05) is 0 Å². The molecule has 0 saturated carbocycles. The molecule has 0 fully saturated rings. The van der Waals surface area contributed by atoms with Gasteiger partial charge in [-0.25, -0.2) is 0 Å². The Morgan fingerprint density at radius 2 is 1.80 bits per heavy atom. The molecule has 2 rings (SSSR count). The highest BCUT2D eigenvalue weighted by Crippen LogP contribution is 2.33.